The Morgan fingerprint density at radius 3 is 2.58 bits per heavy atom. The number of benzene rings is 2. The van der Waals surface area contributed by atoms with Crippen LogP contribution in [-0.2, 0) is 4.79 Å². The van der Waals surface area contributed by atoms with Gasteiger partial charge in [0.2, 0.25) is 0 Å². The summed E-state index contributed by atoms with van der Waals surface area (Å²) in [5.74, 6) is 1.34. The summed E-state index contributed by atoms with van der Waals surface area (Å²) in [4.78, 5) is 30.1. The Morgan fingerprint density at radius 2 is 1.84 bits per heavy atom. The van der Waals surface area contributed by atoms with Crippen LogP contribution in [0.2, 0.25) is 0 Å². The number of hydrogen-bond donors (Lipinski definition) is 0. The third-order valence-electron chi connectivity index (χ3n) is 5.67. The number of ether oxygens (including phenoxy) is 3. The highest BCUT2D eigenvalue weighted by Crippen LogP contribution is 2.36. The molecule has 2 aromatic rings. The van der Waals surface area contributed by atoms with Crippen molar-refractivity contribution in [3.8, 4) is 17.2 Å². The Kier molecular flexibility index (Phi) is 6.30. The summed E-state index contributed by atoms with van der Waals surface area (Å²) in [6.07, 6.45) is 2.43. The van der Waals surface area contributed by atoms with Gasteiger partial charge < -0.3 is 24.0 Å². The lowest BCUT2D eigenvalue weighted by Crippen LogP contribution is -2.52. The summed E-state index contributed by atoms with van der Waals surface area (Å²) in [6.45, 7) is 4.04. The molecule has 4 rings (SSSR count). The molecule has 2 aliphatic rings. The number of fused-ring (bicyclic) bond motifs is 1. The van der Waals surface area contributed by atoms with E-state index in [1.807, 2.05) is 30.0 Å². The number of piperidine rings is 1. The molecule has 1 atom stereocenters. The van der Waals surface area contributed by atoms with Crippen molar-refractivity contribution < 1.29 is 23.8 Å². The summed E-state index contributed by atoms with van der Waals surface area (Å²) in [6, 6.07) is 12.5. The molecule has 7 heteroatoms. The Balaban J connectivity index is 1.63. The van der Waals surface area contributed by atoms with Crippen LogP contribution in [0.15, 0.2) is 42.5 Å². The van der Waals surface area contributed by atoms with Gasteiger partial charge in [-0.25, -0.2) is 0 Å². The molecule has 0 aliphatic carbocycles. The van der Waals surface area contributed by atoms with E-state index < -0.39 is 6.10 Å². The first kappa shape index (κ1) is 21.0. The molecular formula is C24H28N2O5. The minimum absolute atomic E-state index is 0.0590. The maximum absolute atomic E-state index is 13.5. The second-order valence-corrected chi connectivity index (χ2v) is 7.67. The number of methoxy groups -OCH3 is 1. The molecule has 2 aromatic carbocycles. The zero-order valence-corrected chi connectivity index (χ0v) is 18.0. The number of amides is 2. The summed E-state index contributed by atoms with van der Waals surface area (Å²) in [5.41, 5.74) is 1.12. The molecule has 0 bridgehead atoms. The van der Waals surface area contributed by atoms with Gasteiger partial charge in [0.05, 0.1) is 25.9 Å². The molecule has 2 heterocycles. The van der Waals surface area contributed by atoms with E-state index >= 15 is 0 Å². The quantitative estimate of drug-likeness (QED) is 0.735. The van der Waals surface area contributed by atoms with Gasteiger partial charge in [-0.3, -0.25) is 9.59 Å². The Morgan fingerprint density at radius 1 is 1.06 bits per heavy atom. The molecule has 0 aromatic heterocycles. The van der Waals surface area contributed by atoms with Crippen molar-refractivity contribution in [2.75, 3.05) is 38.3 Å². The number of likely N-dealkylation sites (tertiary alicyclic amines) is 1. The van der Waals surface area contributed by atoms with Crippen molar-refractivity contribution in [1.29, 1.82) is 0 Å². The van der Waals surface area contributed by atoms with Gasteiger partial charge >= 0.3 is 0 Å². The number of anilines is 1. The minimum Gasteiger partial charge on any atom is -0.493 e. The fraction of sp³-hybridized carbons (Fsp3) is 0.417. The highest BCUT2D eigenvalue weighted by molar-refractivity contribution is 6.08. The molecule has 0 radical (unpaired) electrons. The fourth-order valence-electron chi connectivity index (χ4n) is 4.10. The van der Waals surface area contributed by atoms with Crippen molar-refractivity contribution >= 4 is 17.5 Å². The summed E-state index contributed by atoms with van der Waals surface area (Å²) >= 11 is 0. The highest BCUT2D eigenvalue weighted by atomic mass is 16.5. The molecule has 0 unspecified atom stereocenters. The number of carbonyl (C=O) groups is 2. The van der Waals surface area contributed by atoms with Crippen LogP contribution in [0.3, 0.4) is 0 Å². The molecule has 1 fully saturated rings. The fourth-order valence-corrected chi connectivity index (χ4v) is 4.10. The van der Waals surface area contributed by atoms with E-state index in [9.17, 15) is 9.59 Å². The van der Waals surface area contributed by atoms with Crippen LogP contribution in [0.4, 0.5) is 5.69 Å². The van der Waals surface area contributed by atoms with Gasteiger partial charge in [-0.2, -0.15) is 0 Å². The lowest BCUT2D eigenvalue weighted by atomic mass is 10.1. The normalized spacial score (nSPS) is 18.1. The van der Waals surface area contributed by atoms with Gasteiger partial charge in [0.15, 0.2) is 17.6 Å². The zero-order valence-electron chi connectivity index (χ0n) is 18.0. The standard InChI is InChI=1S/C24H28N2O5/c1-3-30-20-12-11-17(15-21(20)29-2)23(27)26-16-22(24(28)25-13-7-4-8-14-25)31-19-10-6-5-9-18(19)26/h5-6,9-12,15,22H,3-4,7-8,13-14,16H2,1-2H3/t22-/m0/s1. The van der Waals surface area contributed by atoms with Crippen LogP contribution in [-0.4, -0.2) is 56.2 Å². The van der Waals surface area contributed by atoms with E-state index in [0.717, 1.165) is 32.4 Å². The molecule has 164 valence electrons. The second kappa shape index (κ2) is 9.29. The molecule has 0 N–H and O–H groups in total. The maximum atomic E-state index is 13.5. The molecule has 2 amide bonds. The molecule has 2 aliphatic heterocycles. The Bertz CT molecular complexity index is 955. The second-order valence-electron chi connectivity index (χ2n) is 7.67. The van der Waals surface area contributed by atoms with Gasteiger partial charge in [-0.1, -0.05) is 12.1 Å². The third kappa shape index (κ3) is 4.31. The lowest BCUT2D eigenvalue weighted by Gasteiger charge is -2.37. The van der Waals surface area contributed by atoms with Crippen molar-refractivity contribution in [2.24, 2.45) is 0 Å². The summed E-state index contributed by atoms with van der Waals surface area (Å²) in [7, 11) is 1.55. The minimum atomic E-state index is -0.721. The number of hydrogen-bond acceptors (Lipinski definition) is 5. The smallest absolute Gasteiger partial charge is 0.265 e. The largest absolute Gasteiger partial charge is 0.493 e. The van der Waals surface area contributed by atoms with Gasteiger partial charge in [0.25, 0.3) is 11.8 Å². The zero-order chi connectivity index (χ0) is 21.8. The third-order valence-corrected chi connectivity index (χ3v) is 5.67. The van der Waals surface area contributed by atoms with Crippen molar-refractivity contribution in [3.05, 3.63) is 48.0 Å². The van der Waals surface area contributed by atoms with Gasteiger partial charge in [-0.15, -0.1) is 0 Å². The predicted octanol–water partition coefficient (Wildman–Crippen LogP) is 3.51. The molecule has 31 heavy (non-hydrogen) atoms. The monoisotopic (exact) mass is 424 g/mol. The molecule has 1 saturated heterocycles. The summed E-state index contributed by atoms with van der Waals surface area (Å²) < 4.78 is 17.0. The SMILES string of the molecule is CCOc1ccc(C(=O)N2C[C@@H](C(=O)N3CCCCC3)Oc3ccccc32)cc1OC. The molecular weight excluding hydrogens is 396 g/mol. The Hall–Kier alpha value is -3.22. The van der Waals surface area contributed by atoms with E-state index in [4.69, 9.17) is 14.2 Å². The van der Waals surface area contributed by atoms with Crippen LogP contribution >= 0.6 is 0 Å². The number of carbonyl (C=O) groups excluding carboxylic acids is 2. The topological polar surface area (TPSA) is 68.3 Å². The first-order chi connectivity index (χ1) is 15.1. The van der Waals surface area contributed by atoms with Crippen LogP contribution in [0.5, 0.6) is 17.2 Å². The van der Waals surface area contributed by atoms with Crippen LogP contribution in [0, 0.1) is 0 Å². The number of nitrogens with zero attached hydrogens (tertiary/aromatic N) is 2. The first-order valence-corrected chi connectivity index (χ1v) is 10.8. The van der Waals surface area contributed by atoms with Crippen LogP contribution < -0.4 is 19.1 Å². The van der Waals surface area contributed by atoms with Crippen molar-refractivity contribution in [3.63, 3.8) is 0 Å². The number of rotatable bonds is 5. The van der Waals surface area contributed by atoms with Crippen molar-refractivity contribution in [2.45, 2.75) is 32.3 Å². The van der Waals surface area contributed by atoms with Gasteiger partial charge in [-0.05, 0) is 56.5 Å². The average Bonchev–Trinajstić information content (AvgIpc) is 2.83. The predicted molar refractivity (Wildman–Crippen MR) is 117 cm³/mol. The summed E-state index contributed by atoms with van der Waals surface area (Å²) in [5, 5.41) is 0. The van der Waals surface area contributed by atoms with E-state index in [0.29, 0.717) is 35.1 Å². The van der Waals surface area contributed by atoms with Crippen LogP contribution in [0.1, 0.15) is 36.5 Å². The van der Waals surface area contributed by atoms with Gasteiger partial charge in [0.1, 0.15) is 5.75 Å². The van der Waals surface area contributed by atoms with E-state index in [1.54, 1.807) is 36.3 Å². The Labute approximate surface area is 182 Å². The first-order valence-electron chi connectivity index (χ1n) is 10.8. The number of para-hydroxylation sites is 2. The highest BCUT2D eigenvalue weighted by Gasteiger charge is 2.36. The molecule has 0 saturated carbocycles. The average molecular weight is 424 g/mol. The lowest BCUT2D eigenvalue weighted by molar-refractivity contribution is -0.139. The molecule has 7 nitrogen and oxygen atoms in total. The van der Waals surface area contributed by atoms with E-state index in [2.05, 4.69) is 0 Å². The van der Waals surface area contributed by atoms with E-state index in [-0.39, 0.29) is 18.4 Å². The van der Waals surface area contributed by atoms with Crippen molar-refractivity contribution in [1.82, 2.24) is 4.90 Å². The van der Waals surface area contributed by atoms with Crippen LogP contribution in [0.25, 0.3) is 0 Å². The maximum Gasteiger partial charge on any atom is 0.265 e. The van der Waals surface area contributed by atoms with E-state index in [1.165, 1.54) is 0 Å². The van der Waals surface area contributed by atoms with Gasteiger partial charge in [0, 0.05) is 18.7 Å². The molecule has 0 spiro atoms.